The molecule has 4 heteroatoms. The minimum Gasteiger partial charge on any atom is -0.317 e. The molecule has 0 bridgehead atoms. The van der Waals surface area contributed by atoms with Crippen LogP contribution in [-0.4, -0.2) is 68.4 Å². The average Bonchev–Trinajstić information content (AvgIpc) is 2.33. The highest BCUT2D eigenvalue weighted by Crippen LogP contribution is 2.16. The monoisotopic (exact) mass is 225 g/mol. The first kappa shape index (κ1) is 12.0. The number of hydrogen-bond donors (Lipinski definition) is 1. The van der Waals surface area contributed by atoms with Gasteiger partial charge in [0.15, 0.2) is 0 Å². The third-order valence-corrected chi connectivity index (χ3v) is 3.85. The summed E-state index contributed by atoms with van der Waals surface area (Å²) in [6.07, 6.45) is 3.65. The lowest BCUT2D eigenvalue weighted by molar-refractivity contribution is -0.114. The van der Waals surface area contributed by atoms with Crippen LogP contribution in [0, 0.1) is 5.92 Å². The third kappa shape index (κ3) is 3.03. The molecule has 16 heavy (non-hydrogen) atoms. The molecule has 2 fully saturated rings. The lowest BCUT2D eigenvalue weighted by Crippen LogP contribution is -2.54. The second kappa shape index (κ2) is 5.75. The summed E-state index contributed by atoms with van der Waals surface area (Å²) in [7, 11) is 2.10. The van der Waals surface area contributed by atoms with Crippen molar-refractivity contribution in [2.75, 3.05) is 46.3 Å². The maximum absolute atomic E-state index is 11.1. The number of hydrogen-bond acceptors (Lipinski definition) is 4. The molecule has 0 aliphatic carbocycles. The van der Waals surface area contributed by atoms with Crippen molar-refractivity contribution in [2.45, 2.75) is 18.9 Å². The van der Waals surface area contributed by atoms with Gasteiger partial charge in [-0.25, -0.2) is 0 Å². The summed E-state index contributed by atoms with van der Waals surface area (Å²) in [5.74, 6) is 0.784. The highest BCUT2D eigenvalue weighted by atomic mass is 16.1. The van der Waals surface area contributed by atoms with E-state index >= 15 is 0 Å². The van der Waals surface area contributed by atoms with Gasteiger partial charge < -0.3 is 15.0 Å². The topological polar surface area (TPSA) is 35.6 Å². The van der Waals surface area contributed by atoms with Crippen LogP contribution in [0.15, 0.2) is 0 Å². The smallest absolute Gasteiger partial charge is 0.138 e. The van der Waals surface area contributed by atoms with Crippen molar-refractivity contribution in [3.05, 3.63) is 0 Å². The first-order valence-electron chi connectivity index (χ1n) is 6.38. The lowest BCUT2D eigenvalue weighted by Gasteiger charge is -2.39. The van der Waals surface area contributed by atoms with E-state index in [2.05, 4.69) is 22.2 Å². The van der Waals surface area contributed by atoms with E-state index in [0.29, 0.717) is 0 Å². The Labute approximate surface area is 98.0 Å². The Kier molecular flexibility index (Phi) is 4.32. The van der Waals surface area contributed by atoms with Crippen molar-refractivity contribution in [1.29, 1.82) is 0 Å². The van der Waals surface area contributed by atoms with Crippen molar-refractivity contribution in [1.82, 2.24) is 15.1 Å². The quantitative estimate of drug-likeness (QED) is 0.675. The highest BCUT2D eigenvalue weighted by Gasteiger charge is 2.27. The van der Waals surface area contributed by atoms with Gasteiger partial charge in [-0.2, -0.15) is 0 Å². The Morgan fingerprint density at radius 2 is 2.06 bits per heavy atom. The fraction of sp³-hybridized carbons (Fsp3) is 0.917. The van der Waals surface area contributed by atoms with E-state index in [1.54, 1.807) is 0 Å². The van der Waals surface area contributed by atoms with Crippen LogP contribution in [0.4, 0.5) is 0 Å². The van der Waals surface area contributed by atoms with Crippen LogP contribution in [-0.2, 0) is 4.79 Å². The minimum absolute atomic E-state index is 0.119. The molecule has 0 aromatic rings. The van der Waals surface area contributed by atoms with Gasteiger partial charge >= 0.3 is 0 Å². The van der Waals surface area contributed by atoms with Gasteiger partial charge in [0.2, 0.25) is 0 Å². The van der Waals surface area contributed by atoms with Crippen LogP contribution >= 0.6 is 0 Å². The van der Waals surface area contributed by atoms with Crippen molar-refractivity contribution in [3.8, 4) is 0 Å². The number of carbonyl (C=O) groups is 1. The van der Waals surface area contributed by atoms with Gasteiger partial charge in [-0.05, 0) is 38.9 Å². The fourth-order valence-electron chi connectivity index (χ4n) is 2.74. The zero-order valence-electron chi connectivity index (χ0n) is 10.2. The van der Waals surface area contributed by atoms with Gasteiger partial charge in [0.1, 0.15) is 6.29 Å². The lowest BCUT2D eigenvalue weighted by atomic mass is 9.96. The molecular formula is C12H23N3O. The van der Waals surface area contributed by atoms with E-state index in [1.807, 2.05) is 0 Å². The molecule has 2 heterocycles. The maximum Gasteiger partial charge on any atom is 0.138 e. The minimum atomic E-state index is 0.119. The molecule has 0 spiro atoms. The van der Waals surface area contributed by atoms with Crippen molar-refractivity contribution < 1.29 is 4.79 Å². The molecule has 0 aromatic carbocycles. The first-order valence-corrected chi connectivity index (χ1v) is 6.38. The van der Waals surface area contributed by atoms with Gasteiger partial charge in [0, 0.05) is 26.2 Å². The molecule has 1 unspecified atom stereocenters. The number of likely N-dealkylation sites (N-methyl/N-ethyl adjacent to an activating group) is 1. The van der Waals surface area contributed by atoms with Crippen LogP contribution < -0.4 is 5.32 Å². The van der Waals surface area contributed by atoms with E-state index in [9.17, 15) is 4.79 Å². The molecule has 1 N–H and O–H groups in total. The zero-order valence-corrected chi connectivity index (χ0v) is 10.2. The number of nitrogens with zero attached hydrogens (tertiary/aromatic N) is 2. The predicted octanol–water partition coefficient (Wildman–Crippen LogP) is -0.199. The van der Waals surface area contributed by atoms with Gasteiger partial charge in [0.25, 0.3) is 0 Å². The van der Waals surface area contributed by atoms with E-state index in [-0.39, 0.29) is 6.04 Å². The molecule has 1 atom stereocenters. The molecule has 0 saturated carbocycles. The van der Waals surface area contributed by atoms with Gasteiger partial charge in [0.05, 0.1) is 6.04 Å². The van der Waals surface area contributed by atoms with E-state index in [1.165, 1.54) is 12.8 Å². The average molecular weight is 225 g/mol. The summed E-state index contributed by atoms with van der Waals surface area (Å²) in [6.45, 7) is 6.43. The number of carbonyl (C=O) groups excluding carboxylic acids is 1. The van der Waals surface area contributed by atoms with E-state index in [4.69, 9.17) is 0 Å². The Morgan fingerprint density at radius 3 is 2.75 bits per heavy atom. The molecule has 2 saturated heterocycles. The van der Waals surface area contributed by atoms with Crippen LogP contribution in [0.25, 0.3) is 0 Å². The molecule has 2 rings (SSSR count). The molecule has 4 nitrogen and oxygen atoms in total. The van der Waals surface area contributed by atoms with Crippen molar-refractivity contribution >= 4 is 6.29 Å². The Hall–Kier alpha value is -0.450. The predicted molar refractivity (Wildman–Crippen MR) is 64.5 cm³/mol. The zero-order chi connectivity index (χ0) is 11.4. The summed E-state index contributed by atoms with van der Waals surface area (Å²) in [5, 5.41) is 3.39. The summed E-state index contributed by atoms with van der Waals surface area (Å²) >= 11 is 0. The number of piperidine rings is 1. The second-order valence-electron chi connectivity index (χ2n) is 5.15. The van der Waals surface area contributed by atoms with Gasteiger partial charge in [-0.1, -0.05) is 0 Å². The number of rotatable bonds is 3. The molecule has 0 aromatic heterocycles. The summed E-state index contributed by atoms with van der Waals surface area (Å²) in [4.78, 5) is 15.7. The molecule has 0 amide bonds. The van der Waals surface area contributed by atoms with Crippen molar-refractivity contribution in [2.24, 2.45) is 5.92 Å². The molecular weight excluding hydrogens is 202 g/mol. The Morgan fingerprint density at radius 1 is 1.31 bits per heavy atom. The maximum atomic E-state index is 11.1. The summed E-state index contributed by atoms with van der Waals surface area (Å²) < 4.78 is 0. The normalized spacial score (nSPS) is 30.4. The van der Waals surface area contributed by atoms with Crippen molar-refractivity contribution in [3.63, 3.8) is 0 Å². The molecule has 2 aliphatic heterocycles. The van der Waals surface area contributed by atoms with Gasteiger partial charge in [-0.3, -0.25) is 4.90 Å². The number of piperazine rings is 1. The number of nitrogens with one attached hydrogen (secondary N) is 1. The summed E-state index contributed by atoms with van der Waals surface area (Å²) in [5.41, 5.74) is 0. The van der Waals surface area contributed by atoms with Gasteiger partial charge in [-0.15, -0.1) is 0 Å². The third-order valence-electron chi connectivity index (χ3n) is 3.85. The summed E-state index contributed by atoms with van der Waals surface area (Å²) in [6, 6.07) is 0.119. The Balaban J connectivity index is 1.84. The SMILES string of the molecule is CN1CCN(CC2CCNCC2)C(C=O)C1. The standard InChI is InChI=1S/C12H23N3O/c1-14-6-7-15(12(9-14)10-16)8-11-2-4-13-5-3-11/h10-13H,2-9H2,1H3. The van der Waals surface area contributed by atoms with Crippen LogP contribution in [0.3, 0.4) is 0 Å². The molecule has 92 valence electrons. The van der Waals surface area contributed by atoms with Crippen LogP contribution in [0.2, 0.25) is 0 Å². The second-order valence-corrected chi connectivity index (χ2v) is 5.15. The Bertz CT molecular complexity index is 228. The largest absolute Gasteiger partial charge is 0.317 e. The highest BCUT2D eigenvalue weighted by molar-refractivity contribution is 5.58. The number of aldehydes is 1. The van der Waals surface area contributed by atoms with Crippen LogP contribution in [0.5, 0.6) is 0 Å². The van der Waals surface area contributed by atoms with E-state index < -0.39 is 0 Å². The fourth-order valence-corrected chi connectivity index (χ4v) is 2.74. The van der Waals surface area contributed by atoms with E-state index in [0.717, 1.165) is 51.5 Å². The molecule has 2 aliphatic rings. The molecule has 0 radical (unpaired) electrons. The van der Waals surface area contributed by atoms with Crippen LogP contribution in [0.1, 0.15) is 12.8 Å². The first-order chi connectivity index (χ1) is 7.79.